The monoisotopic (exact) mass is 382 g/mol. The van der Waals surface area contributed by atoms with Gasteiger partial charge in [0.1, 0.15) is 11.6 Å². The van der Waals surface area contributed by atoms with E-state index in [-0.39, 0.29) is 0 Å². The Morgan fingerprint density at radius 2 is 1.45 bits per heavy atom. The van der Waals surface area contributed by atoms with Gasteiger partial charge < -0.3 is 15.0 Å². The molecule has 5 nitrogen and oxygen atoms in total. The number of aryl methyl sites for hydroxylation is 1. The molecule has 0 aliphatic carbocycles. The van der Waals surface area contributed by atoms with Crippen molar-refractivity contribution in [3.8, 4) is 11.5 Å². The second-order valence-electron chi connectivity index (χ2n) is 6.62. The van der Waals surface area contributed by atoms with E-state index in [1.165, 1.54) is 0 Å². The van der Waals surface area contributed by atoms with Crippen LogP contribution in [0.15, 0.2) is 91.0 Å². The van der Waals surface area contributed by atoms with Gasteiger partial charge >= 0.3 is 0 Å². The zero-order chi connectivity index (χ0) is 20.1. The highest BCUT2D eigenvalue weighted by Crippen LogP contribution is 2.31. The van der Waals surface area contributed by atoms with Crippen molar-refractivity contribution in [3.63, 3.8) is 0 Å². The highest BCUT2D eigenvalue weighted by molar-refractivity contribution is 5.65. The summed E-state index contributed by atoms with van der Waals surface area (Å²) in [5.41, 5.74) is 2.74. The molecule has 29 heavy (non-hydrogen) atoms. The number of hydrogen-bond donors (Lipinski definition) is 1. The Labute approximate surface area is 170 Å². The molecule has 0 fully saturated rings. The van der Waals surface area contributed by atoms with Crippen LogP contribution < -0.4 is 15.0 Å². The van der Waals surface area contributed by atoms with Crippen molar-refractivity contribution in [2.24, 2.45) is 0 Å². The number of anilines is 4. The molecule has 0 amide bonds. The minimum absolute atomic E-state index is 0.520. The summed E-state index contributed by atoms with van der Waals surface area (Å²) in [4.78, 5) is 11.3. The largest absolute Gasteiger partial charge is 0.455 e. The first-order chi connectivity index (χ1) is 14.2. The predicted molar refractivity (Wildman–Crippen MR) is 118 cm³/mol. The summed E-state index contributed by atoms with van der Waals surface area (Å²) in [5.74, 6) is 2.82. The molecule has 0 spiro atoms. The first kappa shape index (κ1) is 18.5. The quantitative estimate of drug-likeness (QED) is 0.437. The normalized spacial score (nSPS) is 10.4. The molecule has 1 aromatic heterocycles. The van der Waals surface area contributed by atoms with Crippen LogP contribution in [0.4, 0.5) is 23.1 Å². The Hall–Kier alpha value is -3.86. The SMILES string of the molecule is Cc1cc(N(C)c2ccccc2)nc(Nc2ccccc2Oc2ccccc2)n1. The lowest BCUT2D eigenvalue weighted by atomic mass is 10.3. The molecule has 1 N–H and O–H groups in total. The second kappa shape index (κ2) is 8.44. The Kier molecular flexibility index (Phi) is 5.38. The van der Waals surface area contributed by atoms with Crippen LogP contribution in [0.1, 0.15) is 5.69 Å². The lowest BCUT2D eigenvalue weighted by Crippen LogP contribution is -2.13. The van der Waals surface area contributed by atoms with Gasteiger partial charge in [-0.2, -0.15) is 4.98 Å². The molecule has 144 valence electrons. The van der Waals surface area contributed by atoms with Gasteiger partial charge in [-0.25, -0.2) is 4.98 Å². The van der Waals surface area contributed by atoms with Gasteiger partial charge in [0.2, 0.25) is 5.95 Å². The number of nitrogens with one attached hydrogen (secondary N) is 1. The number of nitrogens with zero attached hydrogens (tertiary/aromatic N) is 3. The van der Waals surface area contributed by atoms with Crippen molar-refractivity contribution in [2.75, 3.05) is 17.3 Å². The van der Waals surface area contributed by atoms with E-state index in [0.717, 1.165) is 28.6 Å². The summed E-state index contributed by atoms with van der Waals surface area (Å²) < 4.78 is 6.03. The van der Waals surface area contributed by atoms with Gasteiger partial charge in [0.25, 0.3) is 0 Å². The molecule has 4 aromatic rings. The van der Waals surface area contributed by atoms with Crippen molar-refractivity contribution in [3.05, 3.63) is 96.7 Å². The van der Waals surface area contributed by atoms with Crippen LogP contribution in [-0.2, 0) is 0 Å². The molecule has 1 heterocycles. The first-order valence-electron chi connectivity index (χ1n) is 9.42. The summed E-state index contributed by atoms with van der Waals surface area (Å²) >= 11 is 0. The van der Waals surface area contributed by atoms with Crippen LogP contribution in [0.2, 0.25) is 0 Å². The Morgan fingerprint density at radius 1 is 0.793 bits per heavy atom. The fourth-order valence-corrected chi connectivity index (χ4v) is 2.96. The molecule has 0 bridgehead atoms. The maximum Gasteiger partial charge on any atom is 0.229 e. The number of hydrogen-bond acceptors (Lipinski definition) is 5. The molecule has 0 aliphatic rings. The molecule has 0 atom stereocenters. The Balaban J connectivity index is 1.61. The zero-order valence-corrected chi connectivity index (χ0v) is 16.4. The lowest BCUT2D eigenvalue weighted by molar-refractivity contribution is 0.485. The Morgan fingerprint density at radius 3 is 2.21 bits per heavy atom. The van der Waals surface area contributed by atoms with E-state index in [2.05, 4.69) is 10.3 Å². The third-order valence-corrected chi connectivity index (χ3v) is 4.43. The van der Waals surface area contributed by atoms with Gasteiger partial charge in [0.05, 0.1) is 5.69 Å². The molecule has 0 unspecified atom stereocenters. The standard InChI is InChI=1S/C24H22N4O/c1-18-17-23(28(2)19-11-5-3-6-12-19)27-24(25-18)26-21-15-9-10-16-22(21)29-20-13-7-4-8-14-20/h3-17H,1-2H3,(H,25,26,27). The minimum atomic E-state index is 0.520. The van der Waals surface area contributed by atoms with Crippen LogP contribution in [0.5, 0.6) is 11.5 Å². The highest BCUT2D eigenvalue weighted by atomic mass is 16.5. The molecule has 0 radical (unpaired) electrons. The first-order valence-corrected chi connectivity index (χ1v) is 9.42. The minimum Gasteiger partial charge on any atom is -0.455 e. The van der Waals surface area contributed by atoms with E-state index in [1.807, 2.05) is 110 Å². The van der Waals surface area contributed by atoms with Crippen LogP contribution in [0, 0.1) is 6.92 Å². The van der Waals surface area contributed by atoms with E-state index in [4.69, 9.17) is 9.72 Å². The van der Waals surface area contributed by atoms with Crippen molar-refractivity contribution in [1.82, 2.24) is 9.97 Å². The van der Waals surface area contributed by atoms with E-state index in [0.29, 0.717) is 11.7 Å². The molecule has 0 saturated carbocycles. The predicted octanol–water partition coefficient (Wildman–Crippen LogP) is 6.09. The van der Waals surface area contributed by atoms with Gasteiger partial charge in [-0.05, 0) is 43.3 Å². The van der Waals surface area contributed by atoms with Crippen molar-refractivity contribution >= 4 is 23.1 Å². The number of ether oxygens (including phenoxy) is 1. The topological polar surface area (TPSA) is 50.3 Å². The highest BCUT2D eigenvalue weighted by Gasteiger charge is 2.11. The summed E-state index contributed by atoms with van der Waals surface area (Å²) in [6, 6.07) is 29.5. The van der Waals surface area contributed by atoms with Gasteiger partial charge in [0.15, 0.2) is 5.75 Å². The molecule has 4 rings (SSSR count). The van der Waals surface area contributed by atoms with Gasteiger partial charge in [0, 0.05) is 24.5 Å². The lowest BCUT2D eigenvalue weighted by Gasteiger charge is -2.20. The van der Waals surface area contributed by atoms with E-state index in [9.17, 15) is 0 Å². The van der Waals surface area contributed by atoms with E-state index in [1.54, 1.807) is 0 Å². The third-order valence-electron chi connectivity index (χ3n) is 4.43. The van der Waals surface area contributed by atoms with Gasteiger partial charge in [-0.15, -0.1) is 0 Å². The molecular formula is C24H22N4O. The number of para-hydroxylation sites is 4. The van der Waals surface area contributed by atoms with Gasteiger partial charge in [-0.1, -0.05) is 48.5 Å². The number of benzene rings is 3. The van der Waals surface area contributed by atoms with E-state index >= 15 is 0 Å². The molecule has 5 heteroatoms. The molecule has 0 saturated heterocycles. The molecule has 0 aliphatic heterocycles. The zero-order valence-electron chi connectivity index (χ0n) is 16.4. The van der Waals surface area contributed by atoms with Gasteiger partial charge in [-0.3, -0.25) is 0 Å². The molecular weight excluding hydrogens is 360 g/mol. The fraction of sp³-hybridized carbons (Fsp3) is 0.0833. The summed E-state index contributed by atoms with van der Waals surface area (Å²) in [5, 5.41) is 3.31. The maximum atomic E-state index is 6.03. The Bertz CT molecular complexity index is 1080. The smallest absolute Gasteiger partial charge is 0.229 e. The van der Waals surface area contributed by atoms with Crippen LogP contribution in [-0.4, -0.2) is 17.0 Å². The average Bonchev–Trinajstić information content (AvgIpc) is 2.75. The second-order valence-corrected chi connectivity index (χ2v) is 6.62. The number of rotatable bonds is 6. The van der Waals surface area contributed by atoms with Crippen molar-refractivity contribution in [2.45, 2.75) is 6.92 Å². The summed E-state index contributed by atoms with van der Waals surface area (Å²) in [7, 11) is 1.99. The summed E-state index contributed by atoms with van der Waals surface area (Å²) in [6.07, 6.45) is 0. The van der Waals surface area contributed by atoms with Crippen LogP contribution in [0.25, 0.3) is 0 Å². The van der Waals surface area contributed by atoms with Crippen LogP contribution in [0.3, 0.4) is 0 Å². The fourth-order valence-electron chi connectivity index (χ4n) is 2.96. The van der Waals surface area contributed by atoms with Crippen molar-refractivity contribution < 1.29 is 4.74 Å². The van der Waals surface area contributed by atoms with E-state index < -0.39 is 0 Å². The average molecular weight is 382 g/mol. The third kappa shape index (κ3) is 4.52. The van der Waals surface area contributed by atoms with Crippen LogP contribution >= 0.6 is 0 Å². The maximum absolute atomic E-state index is 6.03. The van der Waals surface area contributed by atoms with Crippen molar-refractivity contribution in [1.29, 1.82) is 0 Å². The number of aromatic nitrogens is 2. The summed E-state index contributed by atoms with van der Waals surface area (Å²) in [6.45, 7) is 1.96. The molecule has 3 aromatic carbocycles.